The van der Waals surface area contributed by atoms with Crippen LogP contribution < -0.4 is 10.6 Å². The first-order valence-corrected chi connectivity index (χ1v) is 8.22. The molecule has 1 aromatic carbocycles. The molecule has 3 heterocycles. The zero-order chi connectivity index (χ0) is 18.5. The largest absolute Gasteiger partial charge is 0.355 e. The molecule has 1 aliphatic heterocycles. The van der Waals surface area contributed by atoms with Gasteiger partial charge in [0.15, 0.2) is 17.3 Å². The van der Waals surface area contributed by atoms with Crippen molar-refractivity contribution in [3.8, 4) is 0 Å². The second-order valence-electron chi connectivity index (χ2n) is 5.98. The van der Waals surface area contributed by atoms with Gasteiger partial charge in [0, 0.05) is 37.6 Å². The number of halogens is 3. The number of hydrogen-bond donors (Lipinski definition) is 1. The highest BCUT2D eigenvalue weighted by molar-refractivity contribution is 5.71. The van der Waals surface area contributed by atoms with Crippen LogP contribution in [0.3, 0.4) is 0 Å². The van der Waals surface area contributed by atoms with Crippen LogP contribution in [0.4, 0.5) is 19.0 Å². The van der Waals surface area contributed by atoms with Gasteiger partial charge >= 0.3 is 0 Å². The number of pyridine rings is 1. The standard InChI is InChI=1S/C12H15N5.C6H3F3/c13-9-2-1-7-17(8-9)11-4-3-10-12(16-11)15-6-5-14-10;7-4-1-2-5(8)6(9)3-4/h3-6,9H,1-2,7-8,13H2;1-3H/t9-;/m1./s1. The maximum absolute atomic E-state index is 12.0. The van der Waals surface area contributed by atoms with E-state index in [0.717, 1.165) is 49.4 Å². The quantitative estimate of drug-likeness (QED) is 0.675. The summed E-state index contributed by atoms with van der Waals surface area (Å²) < 4.78 is 35.9. The average Bonchev–Trinajstić information content (AvgIpc) is 2.65. The maximum Gasteiger partial charge on any atom is 0.180 e. The molecule has 4 rings (SSSR count). The Kier molecular flexibility index (Phi) is 5.62. The van der Waals surface area contributed by atoms with Gasteiger partial charge in [-0.2, -0.15) is 0 Å². The van der Waals surface area contributed by atoms with Gasteiger partial charge in [-0.3, -0.25) is 4.98 Å². The van der Waals surface area contributed by atoms with Crippen LogP contribution >= 0.6 is 0 Å². The van der Waals surface area contributed by atoms with Crippen LogP contribution in [0.25, 0.3) is 11.2 Å². The Balaban J connectivity index is 0.000000185. The highest BCUT2D eigenvalue weighted by Crippen LogP contribution is 2.19. The van der Waals surface area contributed by atoms with E-state index < -0.39 is 17.5 Å². The first kappa shape index (κ1) is 18.1. The number of piperidine rings is 1. The van der Waals surface area contributed by atoms with Crippen LogP contribution in [0, 0.1) is 17.5 Å². The number of nitrogens with two attached hydrogens (primary N) is 1. The molecule has 136 valence electrons. The van der Waals surface area contributed by atoms with E-state index in [1.54, 1.807) is 12.4 Å². The van der Waals surface area contributed by atoms with Gasteiger partial charge in [-0.25, -0.2) is 23.1 Å². The molecule has 0 aliphatic carbocycles. The van der Waals surface area contributed by atoms with Crippen molar-refractivity contribution in [1.82, 2.24) is 15.0 Å². The monoisotopic (exact) mass is 361 g/mol. The molecule has 0 spiro atoms. The molecule has 1 saturated heterocycles. The summed E-state index contributed by atoms with van der Waals surface area (Å²) in [7, 11) is 0. The summed E-state index contributed by atoms with van der Waals surface area (Å²) in [6.45, 7) is 1.89. The van der Waals surface area contributed by atoms with E-state index in [1.807, 2.05) is 12.1 Å². The number of nitrogens with zero attached hydrogens (tertiary/aromatic N) is 4. The molecule has 1 atom stereocenters. The van der Waals surface area contributed by atoms with Crippen LogP contribution in [-0.2, 0) is 0 Å². The lowest BCUT2D eigenvalue weighted by Gasteiger charge is -2.31. The molecule has 1 aliphatic rings. The predicted octanol–water partition coefficient (Wildman–Crippen LogP) is 3.06. The second-order valence-corrected chi connectivity index (χ2v) is 5.98. The number of fused-ring (bicyclic) bond motifs is 1. The minimum absolute atomic E-state index is 0.253. The van der Waals surface area contributed by atoms with Gasteiger partial charge in [0.2, 0.25) is 0 Å². The second kappa shape index (κ2) is 8.09. The lowest BCUT2D eigenvalue weighted by Crippen LogP contribution is -2.43. The number of aromatic nitrogens is 3. The summed E-state index contributed by atoms with van der Waals surface area (Å²) in [5.41, 5.74) is 7.51. The highest BCUT2D eigenvalue weighted by atomic mass is 19.2. The van der Waals surface area contributed by atoms with E-state index in [4.69, 9.17) is 5.73 Å². The molecule has 3 aromatic rings. The number of hydrogen-bond acceptors (Lipinski definition) is 5. The molecule has 0 unspecified atom stereocenters. The van der Waals surface area contributed by atoms with Crippen molar-refractivity contribution in [2.75, 3.05) is 18.0 Å². The fourth-order valence-corrected chi connectivity index (χ4v) is 2.71. The summed E-state index contributed by atoms with van der Waals surface area (Å²) in [6, 6.07) is 6.31. The van der Waals surface area contributed by atoms with E-state index in [1.165, 1.54) is 0 Å². The fraction of sp³-hybridized carbons (Fsp3) is 0.278. The molecule has 2 N–H and O–H groups in total. The van der Waals surface area contributed by atoms with Crippen molar-refractivity contribution in [2.45, 2.75) is 18.9 Å². The van der Waals surface area contributed by atoms with Gasteiger partial charge < -0.3 is 10.6 Å². The third-order valence-electron chi connectivity index (χ3n) is 3.98. The van der Waals surface area contributed by atoms with Crippen LogP contribution in [-0.4, -0.2) is 34.1 Å². The van der Waals surface area contributed by atoms with Gasteiger partial charge in [0.25, 0.3) is 0 Å². The summed E-state index contributed by atoms with van der Waals surface area (Å²) >= 11 is 0. The Morgan fingerprint density at radius 3 is 2.54 bits per heavy atom. The van der Waals surface area contributed by atoms with Crippen molar-refractivity contribution < 1.29 is 13.2 Å². The molecule has 5 nitrogen and oxygen atoms in total. The third kappa shape index (κ3) is 4.45. The Hall–Kier alpha value is -2.74. The zero-order valence-corrected chi connectivity index (χ0v) is 13.9. The normalized spacial score (nSPS) is 16.9. The van der Waals surface area contributed by atoms with E-state index >= 15 is 0 Å². The predicted molar refractivity (Wildman–Crippen MR) is 93.1 cm³/mol. The highest BCUT2D eigenvalue weighted by Gasteiger charge is 2.18. The maximum atomic E-state index is 12.0. The van der Waals surface area contributed by atoms with Gasteiger partial charge in [0.1, 0.15) is 17.2 Å². The minimum Gasteiger partial charge on any atom is -0.355 e. The molecule has 0 saturated carbocycles. The third-order valence-corrected chi connectivity index (χ3v) is 3.98. The summed E-state index contributed by atoms with van der Waals surface area (Å²) in [4.78, 5) is 15.2. The smallest absolute Gasteiger partial charge is 0.180 e. The first-order valence-electron chi connectivity index (χ1n) is 8.22. The Labute approximate surface area is 148 Å². The van der Waals surface area contributed by atoms with Gasteiger partial charge in [0.05, 0.1) is 0 Å². The van der Waals surface area contributed by atoms with Crippen molar-refractivity contribution in [3.63, 3.8) is 0 Å². The lowest BCUT2D eigenvalue weighted by atomic mass is 10.1. The first-order chi connectivity index (χ1) is 12.5. The molecule has 8 heteroatoms. The Morgan fingerprint density at radius 1 is 1.00 bits per heavy atom. The SMILES string of the molecule is Fc1ccc(F)c(F)c1.N[C@@H]1CCCN(c2ccc3nccnc3n2)C1. The molecule has 0 amide bonds. The summed E-state index contributed by atoms with van der Waals surface area (Å²) in [6.07, 6.45) is 5.58. The van der Waals surface area contributed by atoms with Gasteiger partial charge in [-0.05, 0) is 37.1 Å². The summed E-state index contributed by atoms with van der Waals surface area (Å²) in [5.74, 6) is -2.01. The number of benzene rings is 1. The minimum atomic E-state index is -1.16. The molecule has 26 heavy (non-hydrogen) atoms. The van der Waals surface area contributed by atoms with Crippen LogP contribution in [0.5, 0.6) is 0 Å². The van der Waals surface area contributed by atoms with E-state index in [-0.39, 0.29) is 6.04 Å². The summed E-state index contributed by atoms with van der Waals surface area (Å²) in [5, 5.41) is 0. The van der Waals surface area contributed by atoms with Crippen molar-refractivity contribution >= 4 is 17.0 Å². The Bertz CT molecular complexity index is 890. The van der Waals surface area contributed by atoms with Crippen LogP contribution in [0.2, 0.25) is 0 Å². The lowest BCUT2D eigenvalue weighted by molar-refractivity contribution is 0.495. The topological polar surface area (TPSA) is 67.9 Å². The molecule has 2 aromatic heterocycles. The molecule has 0 bridgehead atoms. The number of rotatable bonds is 1. The molecule has 0 radical (unpaired) electrons. The van der Waals surface area contributed by atoms with Crippen molar-refractivity contribution in [1.29, 1.82) is 0 Å². The molecular formula is C18H18F3N5. The van der Waals surface area contributed by atoms with Crippen molar-refractivity contribution in [3.05, 3.63) is 60.2 Å². The Morgan fingerprint density at radius 2 is 1.81 bits per heavy atom. The van der Waals surface area contributed by atoms with Crippen molar-refractivity contribution in [2.24, 2.45) is 5.73 Å². The van der Waals surface area contributed by atoms with E-state index in [2.05, 4.69) is 19.9 Å². The van der Waals surface area contributed by atoms with Crippen LogP contribution in [0.1, 0.15) is 12.8 Å². The fourth-order valence-electron chi connectivity index (χ4n) is 2.71. The number of anilines is 1. The van der Waals surface area contributed by atoms with E-state index in [9.17, 15) is 13.2 Å². The molecule has 1 fully saturated rings. The average molecular weight is 361 g/mol. The van der Waals surface area contributed by atoms with Gasteiger partial charge in [-0.15, -0.1) is 0 Å². The van der Waals surface area contributed by atoms with Gasteiger partial charge in [-0.1, -0.05) is 0 Å². The molecular weight excluding hydrogens is 343 g/mol. The van der Waals surface area contributed by atoms with E-state index in [0.29, 0.717) is 11.7 Å². The zero-order valence-electron chi connectivity index (χ0n) is 13.9. The van der Waals surface area contributed by atoms with Crippen LogP contribution in [0.15, 0.2) is 42.7 Å².